The van der Waals surface area contributed by atoms with Crippen molar-refractivity contribution < 1.29 is 4.40 Å². The highest BCUT2D eigenvalue weighted by Gasteiger charge is 2.25. The average molecular weight is 265 g/mol. The van der Waals surface area contributed by atoms with Crippen LogP contribution < -0.4 is 4.40 Å². The van der Waals surface area contributed by atoms with Crippen molar-refractivity contribution in [2.24, 2.45) is 0 Å². The second-order valence-corrected chi connectivity index (χ2v) is 5.64. The molecule has 0 bridgehead atoms. The Kier molecular flexibility index (Phi) is 2.45. The Morgan fingerprint density at radius 1 is 1.16 bits per heavy atom. The smallest absolute Gasteiger partial charge is 0.186 e. The highest BCUT2D eigenvalue weighted by molar-refractivity contribution is 7.14. The van der Waals surface area contributed by atoms with Gasteiger partial charge >= 0.3 is 4.96 Å². The SMILES string of the molecule is C(=C1CCc2cnc3scc[n+]3c21)c1ccccc1. The summed E-state index contributed by atoms with van der Waals surface area (Å²) in [6.07, 6.45) is 8.66. The molecule has 3 heteroatoms. The second kappa shape index (κ2) is 4.28. The Morgan fingerprint density at radius 2 is 2.05 bits per heavy atom. The van der Waals surface area contributed by atoms with E-state index in [2.05, 4.69) is 57.4 Å². The lowest BCUT2D eigenvalue weighted by Gasteiger charge is -1.99. The number of thiazole rings is 1. The van der Waals surface area contributed by atoms with E-state index in [0.29, 0.717) is 0 Å². The minimum Gasteiger partial charge on any atom is -0.186 e. The number of benzene rings is 1. The summed E-state index contributed by atoms with van der Waals surface area (Å²) in [5.74, 6) is 0. The average Bonchev–Trinajstić information content (AvgIpc) is 3.06. The van der Waals surface area contributed by atoms with Crippen LogP contribution in [0.15, 0.2) is 48.1 Å². The number of fused-ring (bicyclic) bond motifs is 3. The molecule has 0 radical (unpaired) electrons. The van der Waals surface area contributed by atoms with Gasteiger partial charge in [0, 0.05) is 16.5 Å². The maximum Gasteiger partial charge on any atom is 0.387 e. The van der Waals surface area contributed by atoms with Crippen LogP contribution in [0.25, 0.3) is 16.6 Å². The molecule has 0 spiro atoms. The minimum atomic E-state index is 1.07. The maximum atomic E-state index is 4.51. The molecule has 0 N–H and O–H groups in total. The number of hydrogen-bond donors (Lipinski definition) is 0. The van der Waals surface area contributed by atoms with Gasteiger partial charge in [-0.3, -0.25) is 0 Å². The normalized spacial score (nSPS) is 16.1. The second-order valence-electron chi connectivity index (χ2n) is 4.77. The number of allylic oxidation sites excluding steroid dienone is 1. The molecule has 3 aromatic rings. The van der Waals surface area contributed by atoms with Gasteiger partial charge in [-0.1, -0.05) is 41.7 Å². The Labute approximate surface area is 115 Å². The van der Waals surface area contributed by atoms with Crippen molar-refractivity contribution in [1.82, 2.24) is 4.98 Å². The summed E-state index contributed by atoms with van der Waals surface area (Å²) in [7, 11) is 0. The fourth-order valence-electron chi connectivity index (χ4n) is 2.71. The number of aromatic nitrogens is 2. The van der Waals surface area contributed by atoms with Crippen LogP contribution in [0.3, 0.4) is 0 Å². The highest BCUT2D eigenvalue weighted by Crippen LogP contribution is 2.31. The largest absolute Gasteiger partial charge is 0.387 e. The predicted octanol–water partition coefficient (Wildman–Crippen LogP) is 3.37. The third kappa shape index (κ3) is 1.78. The summed E-state index contributed by atoms with van der Waals surface area (Å²) in [6, 6.07) is 10.5. The van der Waals surface area contributed by atoms with Gasteiger partial charge in [-0.05, 0) is 29.5 Å². The lowest BCUT2D eigenvalue weighted by atomic mass is 10.1. The van der Waals surface area contributed by atoms with E-state index in [1.54, 1.807) is 11.3 Å². The summed E-state index contributed by atoms with van der Waals surface area (Å²) >= 11 is 1.69. The zero-order valence-electron chi connectivity index (χ0n) is 10.4. The number of rotatable bonds is 1. The van der Waals surface area contributed by atoms with Gasteiger partial charge in [-0.15, -0.1) is 0 Å². The number of hydrogen-bond acceptors (Lipinski definition) is 2. The highest BCUT2D eigenvalue weighted by atomic mass is 32.1. The van der Waals surface area contributed by atoms with E-state index < -0.39 is 0 Å². The first-order valence-electron chi connectivity index (χ1n) is 6.44. The van der Waals surface area contributed by atoms with Gasteiger partial charge in [-0.2, -0.15) is 4.40 Å². The molecule has 0 unspecified atom stereocenters. The van der Waals surface area contributed by atoms with Gasteiger partial charge in [0.1, 0.15) is 18.1 Å². The Bertz CT molecular complexity index is 772. The van der Waals surface area contributed by atoms with E-state index in [1.165, 1.54) is 22.4 Å². The van der Waals surface area contributed by atoms with Crippen LogP contribution in [0.4, 0.5) is 0 Å². The van der Waals surface area contributed by atoms with Gasteiger partial charge in [0.15, 0.2) is 0 Å². The fourth-order valence-corrected chi connectivity index (χ4v) is 3.39. The van der Waals surface area contributed by atoms with Gasteiger partial charge < -0.3 is 0 Å². The van der Waals surface area contributed by atoms with Crippen LogP contribution in [-0.2, 0) is 6.42 Å². The fraction of sp³-hybridized carbons (Fsp3) is 0.125. The molecule has 0 atom stereocenters. The molecule has 2 nitrogen and oxygen atoms in total. The third-order valence-corrected chi connectivity index (χ3v) is 4.34. The lowest BCUT2D eigenvalue weighted by molar-refractivity contribution is -0.513. The van der Waals surface area contributed by atoms with Gasteiger partial charge in [0.25, 0.3) is 0 Å². The van der Waals surface area contributed by atoms with Crippen molar-refractivity contribution in [3.05, 3.63) is 64.9 Å². The standard InChI is InChI=1S/C16H13N2S/c1-2-4-12(5-3-1)10-13-6-7-14-11-17-16-18(15(13)14)8-9-19-16/h1-5,8-11H,6-7H2/q+1. The summed E-state index contributed by atoms with van der Waals surface area (Å²) in [4.78, 5) is 5.58. The molecular weight excluding hydrogens is 252 g/mol. The van der Waals surface area contributed by atoms with Crippen LogP contribution in [-0.4, -0.2) is 4.98 Å². The molecule has 0 fully saturated rings. The van der Waals surface area contributed by atoms with Crippen molar-refractivity contribution in [2.45, 2.75) is 12.8 Å². The Morgan fingerprint density at radius 3 is 2.95 bits per heavy atom. The summed E-state index contributed by atoms with van der Waals surface area (Å²) < 4.78 is 2.22. The first-order valence-corrected chi connectivity index (χ1v) is 7.32. The molecular formula is C16H13N2S+. The molecule has 92 valence electrons. The quantitative estimate of drug-likeness (QED) is 0.617. The summed E-state index contributed by atoms with van der Waals surface area (Å²) in [5.41, 5.74) is 5.39. The number of aryl methyl sites for hydroxylation is 1. The van der Waals surface area contributed by atoms with E-state index in [9.17, 15) is 0 Å². The van der Waals surface area contributed by atoms with Crippen LogP contribution in [0.2, 0.25) is 0 Å². The van der Waals surface area contributed by atoms with Gasteiger partial charge in [0.05, 0.1) is 0 Å². The van der Waals surface area contributed by atoms with E-state index in [0.717, 1.165) is 17.8 Å². The zero-order valence-corrected chi connectivity index (χ0v) is 11.2. The Balaban J connectivity index is 1.92. The molecule has 19 heavy (non-hydrogen) atoms. The minimum absolute atomic E-state index is 1.07. The van der Waals surface area contributed by atoms with Crippen molar-refractivity contribution in [3.63, 3.8) is 0 Å². The van der Waals surface area contributed by atoms with Crippen molar-refractivity contribution in [3.8, 4) is 0 Å². The molecule has 2 aromatic heterocycles. The first kappa shape index (κ1) is 10.9. The molecule has 4 rings (SSSR count). The number of nitrogens with zero attached hydrogens (tertiary/aromatic N) is 2. The maximum absolute atomic E-state index is 4.51. The van der Waals surface area contributed by atoms with Gasteiger partial charge in [0.2, 0.25) is 0 Å². The third-order valence-electron chi connectivity index (χ3n) is 3.57. The molecule has 1 aliphatic rings. The van der Waals surface area contributed by atoms with E-state index in [4.69, 9.17) is 0 Å². The molecule has 2 heterocycles. The van der Waals surface area contributed by atoms with Crippen molar-refractivity contribution >= 4 is 27.9 Å². The van der Waals surface area contributed by atoms with Crippen LogP contribution in [0.5, 0.6) is 0 Å². The first-order chi connectivity index (χ1) is 9.42. The summed E-state index contributed by atoms with van der Waals surface area (Å²) in [6.45, 7) is 0. The predicted molar refractivity (Wildman–Crippen MR) is 77.9 cm³/mol. The molecule has 1 aliphatic carbocycles. The van der Waals surface area contributed by atoms with E-state index >= 15 is 0 Å². The molecule has 0 aliphatic heterocycles. The zero-order chi connectivity index (χ0) is 12.7. The van der Waals surface area contributed by atoms with Crippen LogP contribution in [0.1, 0.15) is 23.2 Å². The monoisotopic (exact) mass is 265 g/mol. The van der Waals surface area contributed by atoms with E-state index in [1.807, 2.05) is 6.20 Å². The summed E-state index contributed by atoms with van der Waals surface area (Å²) in [5, 5.41) is 2.10. The molecule has 1 aromatic carbocycles. The molecule has 0 saturated carbocycles. The van der Waals surface area contributed by atoms with Crippen LogP contribution >= 0.6 is 11.3 Å². The van der Waals surface area contributed by atoms with Crippen molar-refractivity contribution in [2.75, 3.05) is 0 Å². The Hall–Kier alpha value is -2.00. The lowest BCUT2D eigenvalue weighted by Crippen LogP contribution is -2.24. The van der Waals surface area contributed by atoms with E-state index in [-0.39, 0.29) is 0 Å². The van der Waals surface area contributed by atoms with Gasteiger partial charge in [-0.25, -0.2) is 0 Å². The van der Waals surface area contributed by atoms with Crippen LogP contribution in [0, 0.1) is 0 Å². The molecule has 0 saturated heterocycles. The molecule has 0 amide bonds. The topological polar surface area (TPSA) is 17.0 Å². The van der Waals surface area contributed by atoms with Crippen molar-refractivity contribution in [1.29, 1.82) is 0 Å².